The van der Waals surface area contributed by atoms with E-state index in [1.807, 2.05) is 0 Å². The summed E-state index contributed by atoms with van der Waals surface area (Å²) in [6.45, 7) is 6.66. The van der Waals surface area contributed by atoms with Gasteiger partial charge in [0, 0.05) is 5.57 Å². The van der Waals surface area contributed by atoms with E-state index >= 15 is 0 Å². The van der Waals surface area contributed by atoms with Crippen LogP contribution in [0.1, 0.15) is 27.7 Å². The van der Waals surface area contributed by atoms with Crippen molar-refractivity contribution >= 4 is 0 Å². The van der Waals surface area contributed by atoms with Crippen LogP contribution in [-0.4, -0.2) is 35.3 Å². The molecule has 0 spiro atoms. The number of hydrogen-bond acceptors (Lipinski definition) is 5. The fourth-order valence-corrected chi connectivity index (χ4v) is 2.28. The average molecular weight is 268 g/mol. The summed E-state index contributed by atoms with van der Waals surface area (Å²) >= 11 is 0. The Morgan fingerprint density at radius 1 is 1.37 bits per heavy atom. The molecule has 0 aromatic heterocycles. The van der Waals surface area contributed by atoms with E-state index < -0.39 is 18.0 Å². The molecule has 106 valence electrons. The number of aliphatic hydroxyl groups is 2. The molecule has 2 N–H and O–H groups in total. The lowest BCUT2D eigenvalue weighted by molar-refractivity contribution is -0.0577. The van der Waals surface area contributed by atoms with E-state index in [0.717, 1.165) is 0 Å². The summed E-state index contributed by atoms with van der Waals surface area (Å²) in [4.78, 5) is 0. The van der Waals surface area contributed by atoms with Crippen LogP contribution in [0.3, 0.4) is 0 Å². The van der Waals surface area contributed by atoms with Gasteiger partial charge in [-0.15, -0.1) is 0 Å². The van der Waals surface area contributed by atoms with Gasteiger partial charge in [0.05, 0.1) is 24.5 Å². The van der Waals surface area contributed by atoms with Crippen LogP contribution in [0.5, 0.6) is 0 Å². The lowest BCUT2D eigenvalue weighted by Crippen LogP contribution is -2.41. The number of ether oxygens (including phenoxy) is 3. The summed E-state index contributed by atoms with van der Waals surface area (Å²) in [5, 5.41) is 20.4. The van der Waals surface area contributed by atoms with E-state index in [-0.39, 0.29) is 0 Å². The van der Waals surface area contributed by atoms with E-state index in [9.17, 15) is 10.2 Å². The predicted octanol–water partition coefficient (Wildman–Crippen LogP) is 1.58. The number of rotatable bonds is 3. The van der Waals surface area contributed by atoms with Gasteiger partial charge in [0.15, 0.2) is 5.76 Å². The van der Waals surface area contributed by atoms with Crippen LogP contribution >= 0.6 is 0 Å². The Hall–Kier alpha value is -1.46. The van der Waals surface area contributed by atoms with Gasteiger partial charge >= 0.3 is 0 Å². The van der Waals surface area contributed by atoms with Gasteiger partial charge in [0.25, 0.3) is 6.29 Å². The first-order chi connectivity index (χ1) is 8.78. The Balaban J connectivity index is 2.62. The van der Waals surface area contributed by atoms with Gasteiger partial charge < -0.3 is 24.4 Å². The number of allylic oxidation sites excluding steroid dienone is 2. The summed E-state index contributed by atoms with van der Waals surface area (Å²) in [5.74, 6) is 1.77. The maximum absolute atomic E-state index is 10.5. The van der Waals surface area contributed by atoms with Crippen LogP contribution in [0.2, 0.25) is 0 Å². The van der Waals surface area contributed by atoms with Crippen molar-refractivity contribution in [3.63, 3.8) is 0 Å². The third kappa shape index (κ3) is 2.13. The average Bonchev–Trinajstić information content (AvgIpc) is 2.62. The van der Waals surface area contributed by atoms with Crippen molar-refractivity contribution in [3.8, 4) is 0 Å². The minimum Gasteiger partial charge on any atom is -0.493 e. The van der Waals surface area contributed by atoms with E-state index in [0.29, 0.717) is 28.4 Å². The molecule has 0 radical (unpaired) electrons. The summed E-state index contributed by atoms with van der Waals surface area (Å²) < 4.78 is 16.5. The molecule has 3 atom stereocenters. The fourth-order valence-electron chi connectivity index (χ4n) is 2.28. The van der Waals surface area contributed by atoms with Crippen molar-refractivity contribution in [2.24, 2.45) is 0 Å². The Morgan fingerprint density at radius 3 is 2.53 bits per heavy atom. The first-order valence-electron chi connectivity index (χ1n) is 6.21. The highest BCUT2D eigenvalue weighted by atomic mass is 16.7. The maximum atomic E-state index is 10.5. The number of aliphatic hydroxyl groups excluding tert-OH is 1. The molecule has 5 heteroatoms. The molecular weight excluding hydrogens is 248 g/mol. The largest absolute Gasteiger partial charge is 0.493 e. The molecule has 5 nitrogen and oxygen atoms in total. The molecular formula is C14H20O5. The molecule has 0 saturated heterocycles. The minimum absolute atomic E-state index is 0.546. The minimum atomic E-state index is -1.41. The van der Waals surface area contributed by atoms with Gasteiger partial charge in [-0.25, -0.2) is 0 Å². The predicted molar refractivity (Wildman–Crippen MR) is 68.8 cm³/mol. The summed E-state index contributed by atoms with van der Waals surface area (Å²) in [7, 11) is 1.54. The molecule has 0 aliphatic carbocycles. The van der Waals surface area contributed by atoms with Gasteiger partial charge in [-0.1, -0.05) is 0 Å². The van der Waals surface area contributed by atoms with E-state index in [2.05, 4.69) is 0 Å². The van der Waals surface area contributed by atoms with Gasteiger partial charge in [-0.05, 0) is 33.8 Å². The lowest BCUT2D eigenvalue weighted by Gasteiger charge is -2.33. The zero-order chi connectivity index (χ0) is 14.4. The van der Waals surface area contributed by atoms with Crippen molar-refractivity contribution < 1.29 is 24.4 Å². The van der Waals surface area contributed by atoms with Crippen molar-refractivity contribution in [2.75, 3.05) is 7.11 Å². The van der Waals surface area contributed by atoms with Gasteiger partial charge in [0.2, 0.25) is 0 Å². The summed E-state index contributed by atoms with van der Waals surface area (Å²) in [6.07, 6.45) is 0.150. The second kappa shape index (κ2) is 4.58. The molecule has 0 aromatic rings. The normalized spacial score (nSPS) is 27.1. The van der Waals surface area contributed by atoms with E-state index in [1.54, 1.807) is 33.8 Å². The second-order valence-electron chi connectivity index (χ2n) is 5.06. The van der Waals surface area contributed by atoms with Crippen molar-refractivity contribution in [2.45, 2.75) is 45.7 Å². The van der Waals surface area contributed by atoms with Crippen LogP contribution in [-0.2, 0) is 14.2 Å². The lowest BCUT2D eigenvalue weighted by atomic mass is 9.85. The zero-order valence-electron chi connectivity index (χ0n) is 11.9. The zero-order valence-corrected chi connectivity index (χ0v) is 11.9. The summed E-state index contributed by atoms with van der Waals surface area (Å²) in [6, 6.07) is 0. The Labute approximate surface area is 112 Å². The van der Waals surface area contributed by atoms with E-state index in [4.69, 9.17) is 14.2 Å². The molecule has 0 fully saturated rings. The quantitative estimate of drug-likeness (QED) is 0.813. The van der Waals surface area contributed by atoms with Crippen molar-refractivity contribution in [1.82, 2.24) is 0 Å². The molecule has 0 amide bonds. The highest BCUT2D eigenvalue weighted by molar-refractivity contribution is 5.49. The van der Waals surface area contributed by atoms with Crippen molar-refractivity contribution in [1.29, 1.82) is 0 Å². The Kier molecular flexibility index (Phi) is 3.36. The molecule has 0 bridgehead atoms. The molecule has 0 aromatic carbocycles. The summed E-state index contributed by atoms with van der Waals surface area (Å²) in [5.41, 5.74) is -0.211. The Bertz CT molecular complexity index is 482. The third-order valence-electron chi connectivity index (χ3n) is 3.58. The standard InChI is InChI=1S/C14H20O5/c1-7-6-10(14(4,16)9(3)15)11-12(17-5)8(2)19-13(11)18-7/h6,9,13,15-16H,1-5H3/t9-,13+,14+/m1/s1. The van der Waals surface area contributed by atoms with Crippen LogP contribution in [0.25, 0.3) is 0 Å². The van der Waals surface area contributed by atoms with E-state index in [1.165, 1.54) is 7.11 Å². The molecule has 0 unspecified atom stereocenters. The first kappa shape index (κ1) is 14.0. The van der Waals surface area contributed by atoms with Crippen LogP contribution in [0.15, 0.2) is 34.5 Å². The fraction of sp³-hybridized carbons (Fsp3) is 0.571. The first-order valence-corrected chi connectivity index (χ1v) is 6.21. The number of fused-ring (bicyclic) bond motifs is 1. The molecule has 2 aliphatic heterocycles. The topological polar surface area (TPSA) is 68.2 Å². The Morgan fingerprint density at radius 2 is 2.00 bits per heavy atom. The molecule has 2 heterocycles. The van der Waals surface area contributed by atoms with Gasteiger partial charge in [0.1, 0.15) is 11.4 Å². The highest BCUT2D eigenvalue weighted by Gasteiger charge is 2.43. The number of hydrogen-bond donors (Lipinski definition) is 2. The molecule has 2 aliphatic rings. The maximum Gasteiger partial charge on any atom is 0.270 e. The third-order valence-corrected chi connectivity index (χ3v) is 3.58. The van der Waals surface area contributed by atoms with Crippen molar-refractivity contribution in [3.05, 3.63) is 34.5 Å². The number of methoxy groups -OCH3 is 1. The highest BCUT2D eigenvalue weighted by Crippen LogP contribution is 2.42. The van der Waals surface area contributed by atoms with Crippen LogP contribution < -0.4 is 0 Å². The molecule has 19 heavy (non-hydrogen) atoms. The SMILES string of the molecule is COC1=C(C)O[C@@H]2OC(C)=CC([C@@](C)(O)[C@@H](C)O)=C12. The molecule has 2 rings (SSSR count). The monoisotopic (exact) mass is 268 g/mol. The molecule has 0 saturated carbocycles. The van der Waals surface area contributed by atoms with Crippen LogP contribution in [0, 0.1) is 0 Å². The second-order valence-corrected chi connectivity index (χ2v) is 5.06. The van der Waals surface area contributed by atoms with Crippen LogP contribution in [0.4, 0.5) is 0 Å². The van der Waals surface area contributed by atoms with Gasteiger partial charge in [-0.2, -0.15) is 0 Å². The smallest absolute Gasteiger partial charge is 0.270 e. The van der Waals surface area contributed by atoms with Gasteiger partial charge in [-0.3, -0.25) is 0 Å².